The summed E-state index contributed by atoms with van der Waals surface area (Å²) < 4.78 is 10.6. The summed E-state index contributed by atoms with van der Waals surface area (Å²) in [7, 11) is 0. The van der Waals surface area contributed by atoms with E-state index in [9.17, 15) is 9.59 Å². The van der Waals surface area contributed by atoms with Gasteiger partial charge in [0.25, 0.3) is 0 Å². The summed E-state index contributed by atoms with van der Waals surface area (Å²) >= 11 is 3.96. The van der Waals surface area contributed by atoms with E-state index in [0.717, 1.165) is 5.56 Å². The van der Waals surface area contributed by atoms with Gasteiger partial charge < -0.3 is 15.2 Å². The molecular formula is C16H23NO4S. The molecule has 2 atom stereocenters. The molecule has 1 aromatic carbocycles. The average Bonchev–Trinajstić information content (AvgIpc) is 2.42. The maximum atomic E-state index is 12.3. The molecule has 22 heavy (non-hydrogen) atoms. The van der Waals surface area contributed by atoms with Crippen molar-refractivity contribution in [1.82, 2.24) is 0 Å². The lowest BCUT2D eigenvalue weighted by Crippen LogP contribution is -2.37. The minimum Gasteiger partial charge on any atom is -0.457 e. The highest BCUT2D eigenvalue weighted by atomic mass is 32.1. The van der Waals surface area contributed by atoms with Gasteiger partial charge in [-0.1, -0.05) is 29.8 Å². The summed E-state index contributed by atoms with van der Waals surface area (Å²) in [6.45, 7) is 7.17. The molecule has 1 aromatic rings. The van der Waals surface area contributed by atoms with Crippen LogP contribution in [0.4, 0.5) is 0 Å². The van der Waals surface area contributed by atoms with Crippen LogP contribution >= 0.6 is 12.6 Å². The normalized spacial score (nSPS) is 14.1. The van der Waals surface area contributed by atoms with Crippen LogP contribution in [0.1, 0.15) is 38.0 Å². The molecule has 0 amide bonds. The van der Waals surface area contributed by atoms with Crippen molar-refractivity contribution in [2.24, 2.45) is 5.73 Å². The largest absolute Gasteiger partial charge is 0.457 e. The summed E-state index contributed by atoms with van der Waals surface area (Å²) in [5.41, 5.74) is 6.48. The van der Waals surface area contributed by atoms with E-state index in [1.807, 2.05) is 19.1 Å². The Kier molecular flexibility index (Phi) is 6.44. The highest BCUT2D eigenvalue weighted by Crippen LogP contribution is 2.23. The summed E-state index contributed by atoms with van der Waals surface area (Å²) in [5.74, 6) is -1.18. The predicted molar refractivity (Wildman–Crippen MR) is 87.7 cm³/mol. The second-order valence-corrected chi connectivity index (χ2v) is 6.42. The van der Waals surface area contributed by atoms with E-state index in [1.54, 1.807) is 32.9 Å². The first-order valence-corrected chi connectivity index (χ1v) is 7.63. The Hall–Kier alpha value is -1.53. The van der Waals surface area contributed by atoms with Crippen LogP contribution in [0.15, 0.2) is 24.3 Å². The van der Waals surface area contributed by atoms with Crippen molar-refractivity contribution < 1.29 is 19.1 Å². The Balaban J connectivity index is 3.02. The smallest absolute Gasteiger partial charge is 0.352 e. The Morgan fingerprint density at radius 1 is 1.18 bits per heavy atom. The Morgan fingerprint density at radius 2 is 1.73 bits per heavy atom. The van der Waals surface area contributed by atoms with Crippen molar-refractivity contribution in [1.29, 1.82) is 0 Å². The van der Waals surface area contributed by atoms with Crippen molar-refractivity contribution in [2.45, 2.75) is 45.4 Å². The van der Waals surface area contributed by atoms with Gasteiger partial charge >= 0.3 is 11.9 Å². The zero-order valence-corrected chi connectivity index (χ0v) is 14.2. The quantitative estimate of drug-likeness (QED) is 0.641. The zero-order valence-electron chi connectivity index (χ0n) is 13.3. The van der Waals surface area contributed by atoms with E-state index in [1.165, 1.54) is 0 Å². The van der Waals surface area contributed by atoms with Crippen LogP contribution in [0, 0.1) is 6.92 Å². The molecule has 0 radical (unpaired) electrons. The average molecular weight is 325 g/mol. The molecule has 0 spiro atoms. The first kappa shape index (κ1) is 18.5. The maximum Gasteiger partial charge on any atom is 0.352 e. The second kappa shape index (κ2) is 7.65. The molecule has 0 saturated carbocycles. The highest BCUT2D eigenvalue weighted by Gasteiger charge is 2.31. The first-order chi connectivity index (χ1) is 10.1. The standard InChI is InChI=1S/C16H23NO4S/c1-10-5-7-11(8-6-10)13(15(19)21-16(2,3)4)20-14(18)12(17)9-22/h5-8,12-13,22H,9,17H2,1-4H3/t12-,13?/m1/s1. The van der Waals surface area contributed by atoms with Gasteiger partial charge in [-0.25, -0.2) is 4.79 Å². The van der Waals surface area contributed by atoms with E-state index in [4.69, 9.17) is 15.2 Å². The molecule has 5 nitrogen and oxygen atoms in total. The number of ether oxygens (including phenoxy) is 2. The summed E-state index contributed by atoms with van der Waals surface area (Å²) in [5, 5.41) is 0. The zero-order chi connectivity index (χ0) is 16.9. The van der Waals surface area contributed by atoms with E-state index < -0.39 is 29.7 Å². The number of thiol groups is 1. The van der Waals surface area contributed by atoms with Crippen molar-refractivity contribution in [2.75, 3.05) is 5.75 Å². The molecular weight excluding hydrogens is 302 g/mol. The molecule has 0 bridgehead atoms. The van der Waals surface area contributed by atoms with E-state index in [-0.39, 0.29) is 5.75 Å². The van der Waals surface area contributed by atoms with Gasteiger partial charge in [0.1, 0.15) is 11.6 Å². The van der Waals surface area contributed by atoms with Gasteiger partial charge in [0.2, 0.25) is 6.10 Å². The summed E-state index contributed by atoms with van der Waals surface area (Å²) in [6.07, 6.45) is -1.14. The number of carbonyl (C=O) groups excluding carboxylic acids is 2. The topological polar surface area (TPSA) is 78.6 Å². The summed E-state index contributed by atoms with van der Waals surface area (Å²) in [6, 6.07) is 6.23. The number of hydrogen-bond donors (Lipinski definition) is 2. The molecule has 0 aromatic heterocycles. The first-order valence-electron chi connectivity index (χ1n) is 7.00. The Bertz CT molecular complexity index is 522. The lowest BCUT2D eigenvalue weighted by Gasteiger charge is -2.25. The number of benzene rings is 1. The third-order valence-electron chi connectivity index (χ3n) is 2.73. The van der Waals surface area contributed by atoms with Crippen LogP contribution in [0.2, 0.25) is 0 Å². The van der Waals surface area contributed by atoms with Gasteiger partial charge in [-0.2, -0.15) is 12.6 Å². The third kappa shape index (κ3) is 5.69. The Labute approximate surface area is 136 Å². The second-order valence-electron chi connectivity index (χ2n) is 6.05. The van der Waals surface area contributed by atoms with Gasteiger partial charge in [-0.15, -0.1) is 0 Å². The minimum absolute atomic E-state index is 0.133. The lowest BCUT2D eigenvalue weighted by atomic mass is 10.1. The lowest BCUT2D eigenvalue weighted by molar-refractivity contribution is -0.176. The molecule has 0 heterocycles. The predicted octanol–water partition coefficient (Wildman–Crippen LogP) is 2.18. The molecule has 6 heteroatoms. The molecule has 0 aliphatic heterocycles. The number of nitrogens with two attached hydrogens (primary N) is 1. The van der Waals surface area contributed by atoms with Gasteiger partial charge in [0, 0.05) is 11.3 Å². The van der Waals surface area contributed by atoms with Crippen LogP contribution in [0.5, 0.6) is 0 Å². The van der Waals surface area contributed by atoms with E-state index in [2.05, 4.69) is 12.6 Å². The maximum absolute atomic E-state index is 12.3. The van der Waals surface area contributed by atoms with Crippen LogP contribution in [-0.2, 0) is 19.1 Å². The molecule has 0 aliphatic rings. The van der Waals surface area contributed by atoms with Crippen molar-refractivity contribution in [3.63, 3.8) is 0 Å². The summed E-state index contributed by atoms with van der Waals surface area (Å²) in [4.78, 5) is 24.2. The van der Waals surface area contributed by atoms with E-state index in [0.29, 0.717) is 5.56 Å². The number of aryl methyl sites for hydroxylation is 1. The van der Waals surface area contributed by atoms with Crippen LogP contribution < -0.4 is 5.73 Å². The molecule has 1 unspecified atom stereocenters. The third-order valence-corrected chi connectivity index (χ3v) is 3.13. The van der Waals surface area contributed by atoms with E-state index >= 15 is 0 Å². The molecule has 0 aliphatic carbocycles. The molecule has 0 saturated heterocycles. The van der Waals surface area contributed by atoms with Crippen molar-refractivity contribution in [3.05, 3.63) is 35.4 Å². The highest BCUT2D eigenvalue weighted by molar-refractivity contribution is 7.80. The van der Waals surface area contributed by atoms with Gasteiger partial charge in [0.05, 0.1) is 0 Å². The fourth-order valence-corrected chi connectivity index (χ4v) is 1.78. The van der Waals surface area contributed by atoms with Gasteiger partial charge in [-0.05, 0) is 27.7 Å². The molecule has 0 fully saturated rings. The number of esters is 2. The molecule has 1 rings (SSSR count). The molecule has 2 N–H and O–H groups in total. The van der Waals surface area contributed by atoms with Gasteiger partial charge in [-0.3, -0.25) is 4.79 Å². The number of carbonyl (C=O) groups is 2. The van der Waals surface area contributed by atoms with Crippen LogP contribution in [0.3, 0.4) is 0 Å². The SMILES string of the molecule is Cc1ccc(C(OC(=O)[C@H](N)CS)C(=O)OC(C)(C)C)cc1. The molecule has 122 valence electrons. The van der Waals surface area contributed by atoms with Crippen LogP contribution in [-0.4, -0.2) is 29.3 Å². The van der Waals surface area contributed by atoms with Gasteiger partial charge in [0.15, 0.2) is 0 Å². The Morgan fingerprint density at radius 3 is 2.18 bits per heavy atom. The van der Waals surface area contributed by atoms with Crippen LogP contribution in [0.25, 0.3) is 0 Å². The number of hydrogen-bond acceptors (Lipinski definition) is 6. The fraction of sp³-hybridized carbons (Fsp3) is 0.500. The number of rotatable bonds is 5. The minimum atomic E-state index is -1.14. The monoisotopic (exact) mass is 325 g/mol. The van der Waals surface area contributed by atoms with Crippen molar-refractivity contribution in [3.8, 4) is 0 Å². The fourth-order valence-electron chi connectivity index (χ4n) is 1.63. The van der Waals surface area contributed by atoms with Crippen molar-refractivity contribution >= 4 is 24.6 Å².